The van der Waals surface area contributed by atoms with E-state index in [4.69, 9.17) is 16.3 Å². The smallest absolute Gasteiger partial charge is 0.257 e. The highest BCUT2D eigenvalue weighted by molar-refractivity contribution is 6.32. The largest absolute Gasteiger partial charge is 0.491 e. The predicted molar refractivity (Wildman–Crippen MR) is 103 cm³/mol. The first kappa shape index (κ1) is 20.6. The van der Waals surface area contributed by atoms with Gasteiger partial charge in [0.15, 0.2) is 0 Å². The standard InChI is InChI=1S/C21H22ClF2NO3/c1-13-8-16(9-14(2)19(13)22)28-12-21(27)6-3-7-25(11-21)20(26)17-10-15(23)4-5-18(17)24/h4-5,8-10,27H,3,6-7,11-12H2,1-2H3. The Morgan fingerprint density at radius 3 is 2.61 bits per heavy atom. The fourth-order valence-corrected chi connectivity index (χ4v) is 3.55. The zero-order chi connectivity index (χ0) is 20.5. The highest BCUT2D eigenvalue weighted by atomic mass is 35.5. The van der Waals surface area contributed by atoms with Crippen molar-refractivity contribution in [3.05, 3.63) is 63.7 Å². The molecule has 2 aromatic carbocycles. The van der Waals surface area contributed by atoms with Crippen molar-refractivity contribution in [1.82, 2.24) is 4.90 Å². The highest BCUT2D eigenvalue weighted by Crippen LogP contribution is 2.28. The monoisotopic (exact) mass is 409 g/mol. The van der Waals surface area contributed by atoms with Gasteiger partial charge in [-0.05, 0) is 68.1 Å². The fraction of sp³-hybridized carbons (Fsp3) is 0.381. The number of aryl methyl sites for hydroxylation is 2. The summed E-state index contributed by atoms with van der Waals surface area (Å²) in [5.41, 5.74) is 0.115. The number of likely N-dealkylation sites (tertiary alicyclic amines) is 1. The van der Waals surface area contributed by atoms with E-state index in [-0.39, 0.29) is 18.7 Å². The zero-order valence-corrected chi connectivity index (χ0v) is 16.5. The Balaban J connectivity index is 1.71. The van der Waals surface area contributed by atoms with Gasteiger partial charge in [0.2, 0.25) is 0 Å². The van der Waals surface area contributed by atoms with E-state index in [0.29, 0.717) is 30.2 Å². The van der Waals surface area contributed by atoms with Crippen LogP contribution in [0.4, 0.5) is 8.78 Å². The van der Waals surface area contributed by atoms with Crippen LogP contribution in [-0.2, 0) is 0 Å². The van der Waals surface area contributed by atoms with Crippen molar-refractivity contribution >= 4 is 17.5 Å². The third-order valence-electron chi connectivity index (χ3n) is 4.92. The average molecular weight is 410 g/mol. The molecule has 0 aromatic heterocycles. The quantitative estimate of drug-likeness (QED) is 0.819. The molecule has 0 saturated carbocycles. The number of aliphatic hydroxyl groups is 1. The third kappa shape index (κ3) is 4.45. The van der Waals surface area contributed by atoms with Gasteiger partial charge in [0.25, 0.3) is 5.91 Å². The van der Waals surface area contributed by atoms with Crippen molar-refractivity contribution in [3.8, 4) is 5.75 Å². The number of nitrogens with zero attached hydrogens (tertiary/aromatic N) is 1. The number of benzene rings is 2. The van der Waals surface area contributed by atoms with Crippen molar-refractivity contribution in [2.45, 2.75) is 32.3 Å². The van der Waals surface area contributed by atoms with E-state index in [2.05, 4.69) is 0 Å². The molecule has 1 fully saturated rings. The maximum Gasteiger partial charge on any atom is 0.257 e. The maximum absolute atomic E-state index is 13.9. The number of carbonyl (C=O) groups excluding carboxylic acids is 1. The van der Waals surface area contributed by atoms with Gasteiger partial charge in [0.1, 0.15) is 29.6 Å². The Morgan fingerprint density at radius 1 is 1.25 bits per heavy atom. The minimum absolute atomic E-state index is 0.0205. The van der Waals surface area contributed by atoms with Crippen LogP contribution in [0.25, 0.3) is 0 Å². The van der Waals surface area contributed by atoms with Gasteiger partial charge in [0.05, 0.1) is 12.1 Å². The van der Waals surface area contributed by atoms with Gasteiger partial charge in [0, 0.05) is 11.6 Å². The van der Waals surface area contributed by atoms with Crippen molar-refractivity contribution in [2.24, 2.45) is 0 Å². The summed E-state index contributed by atoms with van der Waals surface area (Å²) in [4.78, 5) is 14.0. The normalized spacial score (nSPS) is 19.6. The van der Waals surface area contributed by atoms with E-state index in [1.54, 1.807) is 12.1 Å². The maximum atomic E-state index is 13.9. The molecule has 1 atom stereocenters. The fourth-order valence-electron chi connectivity index (χ4n) is 3.44. The van der Waals surface area contributed by atoms with Crippen molar-refractivity contribution in [3.63, 3.8) is 0 Å². The molecule has 1 aliphatic rings. The lowest BCUT2D eigenvalue weighted by atomic mass is 9.93. The average Bonchev–Trinajstić information content (AvgIpc) is 2.66. The minimum atomic E-state index is -1.28. The Bertz CT molecular complexity index is 882. The molecule has 3 rings (SSSR count). The molecule has 4 nitrogen and oxygen atoms in total. The summed E-state index contributed by atoms with van der Waals surface area (Å²) in [7, 11) is 0. The molecule has 0 spiro atoms. The molecule has 1 heterocycles. The second-order valence-electron chi connectivity index (χ2n) is 7.34. The molecule has 1 saturated heterocycles. The first-order valence-corrected chi connectivity index (χ1v) is 9.42. The van der Waals surface area contributed by atoms with Gasteiger partial charge < -0.3 is 14.7 Å². The van der Waals surface area contributed by atoms with Gasteiger partial charge >= 0.3 is 0 Å². The number of rotatable bonds is 4. The first-order chi connectivity index (χ1) is 13.2. The third-order valence-corrected chi connectivity index (χ3v) is 5.52. The van der Waals surface area contributed by atoms with Crippen molar-refractivity contribution in [2.75, 3.05) is 19.7 Å². The van der Waals surface area contributed by atoms with Crippen LogP contribution in [0.2, 0.25) is 5.02 Å². The highest BCUT2D eigenvalue weighted by Gasteiger charge is 2.37. The van der Waals surface area contributed by atoms with Crippen molar-refractivity contribution in [1.29, 1.82) is 0 Å². The summed E-state index contributed by atoms with van der Waals surface area (Å²) in [6.07, 6.45) is 0.967. The summed E-state index contributed by atoms with van der Waals surface area (Å²) < 4.78 is 33.1. The number of amides is 1. The second kappa shape index (κ2) is 8.05. The molecule has 1 unspecified atom stereocenters. The van der Waals surface area contributed by atoms with Crippen LogP contribution in [0.3, 0.4) is 0 Å². The number of ether oxygens (including phenoxy) is 1. The molecule has 1 aliphatic heterocycles. The van der Waals surface area contributed by atoms with Gasteiger partial charge in [-0.3, -0.25) is 4.79 Å². The molecular weight excluding hydrogens is 388 g/mol. The van der Waals surface area contributed by atoms with E-state index in [9.17, 15) is 18.7 Å². The summed E-state index contributed by atoms with van der Waals surface area (Å²) in [5, 5.41) is 11.6. The lowest BCUT2D eigenvalue weighted by Gasteiger charge is -2.39. The van der Waals surface area contributed by atoms with Gasteiger partial charge in [-0.1, -0.05) is 11.6 Å². The molecule has 150 valence electrons. The van der Waals surface area contributed by atoms with E-state index >= 15 is 0 Å². The Morgan fingerprint density at radius 2 is 1.93 bits per heavy atom. The first-order valence-electron chi connectivity index (χ1n) is 9.05. The van der Waals surface area contributed by atoms with E-state index < -0.39 is 23.1 Å². The lowest BCUT2D eigenvalue weighted by molar-refractivity contribution is -0.0533. The lowest BCUT2D eigenvalue weighted by Crippen LogP contribution is -2.53. The van der Waals surface area contributed by atoms with Crippen LogP contribution >= 0.6 is 11.6 Å². The van der Waals surface area contributed by atoms with E-state index in [1.165, 1.54) is 4.90 Å². The molecule has 7 heteroatoms. The van der Waals surface area contributed by atoms with Gasteiger partial charge in [-0.2, -0.15) is 0 Å². The summed E-state index contributed by atoms with van der Waals surface area (Å²) in [5.74, 6) is -1.54. The van der Waals surface area contributed by atoms with Gasteiger partial charge in [-0.25, -0.2) is 8.78 Å². The summed E-state index contributed by atoms with van der Waals surface area (Å²) >= 11 is 6.16. The Kier molecular flexibility index (Phi) is 5.91. The molecule has 1 amide bonds. The summed E-state index contributed by atoms with van der Waals surface area (Å²) in [6, 6.07) is 6.33. The number of β-amino-alcohol motifs (C(OH)–C–C–N with tert-alkyl or cyclic N) is 1. The number of halogens is 3. The number of piperidine rings is 1. The van der Waals surface area contributed by atoms with Crippen LogP contribution in [0.1, 0.15) is 34.3 Å². The zero-order valence-electron chi connectivity index (χ0n) is 15.8. The Labute approximate surface area is 167 Å². The molecule has 28 heavy (non-hydrogen) atoms. The SMILES string of the molecule is Cc1cc(OCC2(O)CCCN(C(=O)c3cc(F)ccc3F)C2)cc(C)c1Cl. The molecule has 0 aliphatic carbocycles. The van der Waals surface area contributed by atoms with Crippen molar-refractivity contribution < 1.29 is 23.4 Å². The molecule has 0 radical (unpaired) electrons. The number of carbonyl (C=O) groups is 1. The van der Waals surface area contributed by atoms with Crippen LogP contribution in [0, 0.1) is 25.5 Å². The number of hydrogen-bond acceptors (Lipinski definition) is 3. The molecule has 2 aromatic rings. The topological polar surface area (TPSA) is 49.8 Å². The van der Waals surface area contributed by atoms with Crippen LogP contribution in [0.5, 0.6) is 5.75 Å². The van der Waals surface area contributed by atoms with E-state index in [0.717, 1.165) is 29.3 Å². The van der Waals surface area contributed by atoms with Crippen LogP contribution < -0.4 is 4.74 Å². The molecule has 0 bridgehead atoms. The van der Waals surface area contributed by atoms with Gasteiger partial charge in [-0.15, -0.1) is 0 Å². The van der Waals surface area contributed by atoms with Crippen LogP contribution in [-0.4, -0.2) is 41.2 Å². The molecule has 1 N–H and O–H groups in total. The van der Waals surface area contributed by atoms with Crippen LogP contribution in [0.15, 0.2) is 30.3 Å². The van der Waals surface area contributed by atoms with E-state index in [1.807, 2.05) is 13.8 Å². The molecular formula is C21H22ClF2NO3. The minimum Gasteiger partial charge on any atom is -0.491 e. The summed E-state index contributed by atoms with van der Waals surface area (Å²) in [6.45, 7) is 4.05. The predicted octanol–water partition coefficient (Wildman–Crippen LogP) is 4.28. The Hall–Kier alpha value is -2.18. The number of hydrogen-bond donors (Lipinski definition) is 1. The second-order valence-corrected chi connectivity index (χ2v) is 7.72.